The van der Waals surface area contributed by atoms with Gasteiger partial charge in [-0.05, 0) is 20.8 Å². The summed E-state index contributed by atoms with van der Waals surface area (Å²) in [6.45, 7) is 5.54. The average molecular weight is 255 g/mol. The molecule has 0 aliphatic heterocycles. The molecular weight excluding hydrogens is 238 g/mol. The summed E-state index contributed by atoms with van der Waals surface area (Å²) in [6.07, 6.45) is 3.44. The summed E-state index contributed by atoms with van der Waals surface area (Å²) in [5.41, 5.74) is 5.19. The lowest BCUT2D eigenvalue weighted by molar-refractivity contribution is -0.154. The normalized spacial score (nSPS) is 11.2. The van der Waals surface area contributed by atoms with E-state index in [1.54, 1.807) is 6.20 Å². The molecule has 0 aliphatic rings. The molecule has 1 aromatic rings. The van der Waals surface area contributed by atoms with Gasteiger partial charge >= 0.3 is 5.97 Å². The zero-order valence-electron chi connectivity index (χ0n) is 10.3. The van der Waals surface area contributed by atoms with Crippen molar-refractivity contribution in [2.24, 2.45) is 0 Å². The van der Waals surface area contributed by atoms with Crippen LogP contribution in [-0.4, -0.2) is 27.3 Å². The number of anilines is 1. The maximum absolute atomic E-state index is 11.4. The van der Waals surface area contributed by atoms with Crippen molar-refractivity contribution in [3.05, 3.63) is 12.4 Å². The van der Waals surface area contributed by atoms with Gasteiger partial charge in [0.05, 0.1) is 6.42 Å². The first-order valence-corrected chi connectivity index (χ1v) is 6.28. The van der Waals surface area contributed by atoms with Gasteiger partial charge in [-0.3, -0.25) is 4.79 Å². The molecule has 0 fully saturated rings. The number of carbonyl (C=O) groups excluding carboxylic acids is 1. The highest BCUT2D eigenvalue weighted by atomic mass is 32.2. The van der Waals surface area contributed by atoms with Crippen LogP contribution in [0.2, 0.25) is 0 Å². The van der Waals surface area contributed by atoms with E-state index >= 15 is 0 Å². The van der Waals surface area contributed by atoms with Crippen LogP contribution in [0.25, 0.3) is 0 Å². The van der Waals surface area contributed by atoms with E-state index < -0.39 is 5.60 Å². The van der Waals surface area contributed by atoms with E-state index in [0.29, 0.717) is 23.0 Å². The van der Waals surface area contributed by atoms with E-state index in [4.69, 9.17) is 10.5 Å². The zero-order valence-corrected chi connectivity index (χ0v) is 11.1. The average Bonchev–Trinajstić information content (AvgIpc) is 2.18. The Morgan fingerprint density at radius 2 is 2.06 bits per heavy atom. The Balaban J connectivity index is 2.34. The summed E-state index contributed by atoms with van der Waals surface area (Å²) in [5, 5.41) is 0.649. The summed E-state index contributed by atoms with van der Waals surface area (Å²) < 4.78 is 5.19. The summed E-state index contributed by atoms with van der Waals surface area (Å²) in [6, 6.07) is 0. The number of hydrogen-bond donors (Lipinski definition) is 1. The smallest absolute Gasteiger partial charge is 0.307 e. The molecule has 0 bridgehead atoms. The van der Waals surface area contributed by atoms with Crippen LogP contribution < -0.4 is 5.73 Å². The lowest BCUT2D eigenvalue weighted by Gasteiger charge is -2.19. The number of aromatic nitrogens is 2. The molecule has 0 saturated heterocycles. The Kier molecular flexibility index (Phi) is 4.74. The number of hydrogen-bond acceptors (Lipinski definition) is 6. The molecule has 0 saturated carbocycles. The van der Waals surface area contributed by atoms with Crippen molar-refractivity contribution < 1.29 is 9.53 Å². The Labute approximate surface area is 105 Å². The predicted octanol–water partition coefficient (Wildman–Crippen LogP) is 1.88. The van der Waals surface area contributed by atoms with Crippen molar-refractivity contribution >= 4 is 23.5 Å². The Bertz CT molecular complexity index is 391. The number of esters is 1. The second-order valence-corrected chi connectivity index (χ2v) is 5.52. The number of carbonyl (C=O) groups is 1. The van der Waals surface area contributed by atoms with Crippen LogP contribution in [0, 0.1) is 0 Å². The van der Waals surface area contributed by atoms with E-state index in [1.165, 1.54) is 18.0 Å². The second kappa shape index (κ2) is 5.86. The van der Waals surface area contributed by atoms with E-state index in [0.717, 1.165) is 0 Å². The first-order chi connectivity index (χ1) is 7.88. The molecule has 94 valence electrons. The highest BCUT2D eigenvalue weighted by Crippen LogP contribution is 2.20. The number of ether oxygens (including phenoxy) is 1. The predicted molar refractivity (Wildman–Crippen MR) is 67.6 cm³/mol. The fourth-order valence-electron chi connectivity index (χ4n) is 1.07. The lowest BCUT2D eigenvalue weighted by Crippen LogP contribution is -2.24. The van der Waals surface area contributed by atoms with E-state index in [9.17, 15) is 4.79 Å². The molecule has 2 N–H and O–H groups in total. The van der Waals surface area contributed by atoms with Crippen molar-refractivity contribution in [3.63, 3.8) is 0 Å². The number of nitrogen functional groups attached to an aromatic ring is 1. The molecular formula is C11H17N3O2S. The van der Waals surface area contributed by atoms with Crippen LogP contribution in [0.5, 0.6) is 0 Å². The zero-order chi connectivity index (χ0) is 12.9. The van der Waals surface area contributed by atoms with E-state index in [1.807, 2.05) is 20.8 Å². The number of thioether (sulfide) groups is 1. The van der Waals surface area contributed by atoms with Gasteiger partial charge in [0.1, 0.15) is 10.6 Å². The van der Waals surface area contributed by atoms with Gasteiger partial charge in [0.2, 0.25) is 0 Å². The van der Waals surface area contributed by atoms with Crippen molar-refractivity contribution in [1.82, 2.24) is 9.97 Å². The molecule has 17 heavy (non-hydrogen) atoms. The largest absolute Gasteiger partial charge is 0.460 e. The number of nitrogens with two attached hydrogens (primary N) is 1. The van der Waals surface area contributed by atoms with Gasteiger partial charge in [0.25, 0.3) is 0 Å². The van der Waals surface area contributed by atoms with Crippen molar-refractivity contribution in [2.45, 2.75) is 37.8 Å². The molecule has 0 unspecified atom stereocenters. The van der Waals surface area contributed by atoms with Crippen LogP contribution in [0.4, 0.5) is 5.82 Å². The molecule has 0 aliphatic carbocycles. The SMILES string of the molecule is CC(C)(C)OC(=O)CCSc1nccnc1N. The van der Waals surface area contributed by atoms with Crippen molar-refractivity contribution in [3.8, 4) is 0 Å². The van der Waals surface area contributed by atoms with Gasteiger partial charge in [-0.1, -0.05) is 0 Å². The third kappa shape index (κ3) is 5.53. The first kappa shape index (κ1) is 13.8. The topological polar surface area (TPSA) is 78.1 Å². The minimum atomic E-state index is -0.437. The fraction of sp³-hybridized carbons (Fsp3) is 0.545. The molecule has 0 aromatic carbocycles. The standard InChI is InChI=1S/C11H17N3O2S/c1-11(2,3)16-8(15)4-7-17-10-9(12)13-5-6-14-10/h5-6H,4,7H2,1-3H3,(H2,12,13). The van der Waals surface area contributed by atoms with Crippen LogP contribution in [0.3, 0.4) is 0 Å². The lowest BCUT2D eigenvalue weighted by atomic mass is 10.2. The summed E-state index contributed by atoms with van der Waals surface area (Å²) in [4.78, 5) is 19.4. The van der Waals surface area contributed by atoms with Gasteiger partial charge in [-0.15, -0.1) is 11.8 Å². The Hall–Kier alpha value is -1.30. The second-order valence-electron chi connectivity index (χ2n) is 4.43. The summed E-state index contributed by atoms with van der Waals surface area (Å²) in [7, 11) is 0. The minimum Gasteiger partial charge on any atom is -0.460 e. The van der Waals surface area contributed by atoms with Crippen molar-refractivity contribution in [1.29, 1.82) is 0 Å². The maximum Gasteiger partial charge on any atom is 0.307 e. The van der Waals surface area contributed by atoms with Gasteiger partial charge in [-0.25, -0.2) is 9.97 Å². The Morgan fingerprint density at radius 3 is 2.65 bits per heavy atom. The third-order valence-electron chi connectivity index (χ3n) is 1.66. The van der Waals surface area contributed by atoms with E-state index in [-0.39, 0.29) is 5.97 Å². The molecule has 1 heterocycles. The van der Waals surface area contributed by atoms with Crippen LogP contribution >= 0.6 is 11.8 Å². The van der Waals surface area contributed by atoms with Gasteiger partial charge in [0, 0.05) is 18.1 Å². The molecule has 5 nitrogen and oxygen atoms in total. The van der Waals surface area contributed by atoms with Gasteiger partial charge < -0.3 is 10.5 Å². The van der Waals surface area contributed by atoms with E-state index in [2.05, 4.69) is 9.97 Å². The van der Waals surface area contributed by atoms with Crippen LogP contribution in [0.15, 0.2) is 17.4 Å². The molecule has 1 rings (SSSR count). The molecule has 1 aromatic heterocycles. The molecule has 6 heteroatoms. The third-order valence-corrected chi connectivity index (χ3v) is 2.65. The quantitative estimate of drug-likeness (QED) is 0.654. The number of rotatable bonds is 4. The highest BCUT2D eigenvalue weighted by Gasteiger charge is 2.16. The van der Waals surface area contributed by atoms with Gasteiger partial charge in [0.15, 0.2) is 5.82 Å². The first-order valence-electron chi connectivity index (χ1n) is 5.29. The van der Waals surface area contributed by atoms with Crippen molar-refractivity contribution in [2.75, 3.05) is 11.5 Å². The Morgan fingerprint density at radius 1 is 1.41 bits per heavy atom. The monoisotopic (exact) mass is 255 g/mol. The summed E-state index contributed by atoms with van der Waals surface area (Å²) in [5.74, 6) is 0.756. The molecule has 0 amide bonds. The van der Waals surface area contributed by atoms with Gasteiger partial charge in [-0.2, -0.15) is 0 Å². The van der Waals surface area contributed by atoms with Crippen LogP contribution in [-0.2, 0) is 9.53 Å². The maximum atomic E-state index is 11.4. The molecule has 0 spiro atoms. The number of nitrogens with zero attached hydrogens (tertiary/aromatic N) is 2. The molecule has 0 atom stereocenters. The minimum absolute atomic E-state index is 0.215. The summed E-state index contributed by atoms with van der Waals surface area (Å²) >= 11 is 1.40. The highest BCUT2D eigenvalue weighted by molar-refractivity contribution is 7.99. The molecule has 0 radical (unpaired) electrons. The van der Waals surface area contributed by atoms with Crippen LogP contribution in [0.1, 0.15) is 27.2 Å². The fourth-order valence-corrected chi connectivity index (χ4v) is 1.87.